The number of aryl methyl sites for hydroxylation is 1. The van der Waals surface area contributed by atoms with Crippen molar-refractivity contribution in [2.45, 2.75) is 66.1 Å². The second kappa shape index (κ2) is 7.68. The number of carboxylic acid groups (broad SMARTS) is 1. The Bertz CT molecular complexity index is 911. The molecule has 1 aliphatic rings. The summed E-state index contributed by atoms with van der Waals surface area (Å²) in [6, 6.07) is 0.163. The number of aromatic nitrogens is 3. The number of nitrogens with zero attached hydrogens (tertiary/aromatic N) is 2. The number of aromatic carboxylic acids is 1. The molecular formula is C20H28N4O3. The molecule has 0 saturated carbocycles. The topological polar surface area (TPSA) is 100 Å². The number of nitrogens with one attached hydrogen (secondary N) is 2. The van der Waals surface area contributed by atoms with Crippen LogP contribution in [0.1, 0.15) is 58.8 Å². The molecule has 0 fully saturated rings. The number of fused-ring (bicyclic) bond motifs is 1. The molecule has 0 aliphatic heterocycles. The highest BCUT2D eigenvalue weighted by molar-refractivity contribution is 5.87. The standard InChI is InChI=1S/C20H28N4O3/c1-11(2)10-24-17-6-5-14(7-15(17)18(23-24)20(26)27)21-9-16-13(4)19(25)12(3)8-22-16/h8,11,14,21H,5-7,9-10H2,1-4H3,(H,22,25)(H,26,27). The minimum Gasteiger partial charge on any atom is -0.476 e. The Balaban J connectivity index is 1.76. The first-order valence-corrected chi connectivity index (χ1v) is 9.50. The minimum atomic E-state index is -0.965. The molecule has 1 aliphatic carbocycles. The lowest BCUT2D eigenvalue weighted by atomic mass is 9.91. The average molecular weight is 372 g/mol. The van der Waals surface area contributed by atoms with Gasteiger partial charge in [-0.1, -0.05) is 13.8 Å². The van der Waals surface area contributed by atoms with Gasteiger partial charge in [-0.2, -0.15) is 5.10 Å². The fourth-order valence-corrected chi connectivity index (χ4v) is 3.76. The number of hydrogen-bond donors (Lipinski definition) is 3. The van der Waals surface area contributed by atoms with Gasteiger partial charge in [-0.05, 0) is 39.0 Å². The van der Waals surface area contributed by atoms with E-state index < -0.39 is 5.97 Å². The van der Waals surface area contributed by atoms with Crippen molar-refractivity contribution in [3.8, 4) is 0 Å². The summed E-state index contributed by atoms with van der Waals surface area (Å²) in [6.07, 6.45) is 4.11. The highest BCUT2D eigenvalue weighted by Crippen LogP contribution is 2.26. The van der Waals surface area contributed by atoms with E-state index in [0.29, 0.717) is 24.4 Å². The third-order valence-corrected chi connectivity index (χ3v) is 5.27. The van der Waals surface area contributed by atoms with E-state index in [1.54, 1.807) is 13.1 Å². The molecule has 3 N–H and O–H groups in total. The second-order valence-electron chi connectivity index (χ2n) is 7.88. The van der Waals surface area contributed by atoms with Gasteiger partial charge in [0.15, 0.2) is 11.1 Å². The first-order chi connectivity index (χ1) is 12.8. The van der Waals surface area contributed by atoms with Crippen molar-refractivity contribution >= 4 is 5.97 Å². The van der Waals surface area contributed by atoms with Crippen LogP contribution in [-0.4, -0.2) is 31.9 Å². The smallest absolute Gasteiger partial charge is 0.356 e. The number of rotatable bonds is 6. The molecule has 1 unspecified atom stereocenters. The molecule has 0 spiro atoms. The molecule has 1 atom stereocenters. The maximum atomic E-state index is 12.1. The molecular weight excluding hydrogens is 344 g/mol. The molecule has 0 radical (unpaired) electrons. The van der Waals surface area contributed by atoms with E-state index in [0.717, 1.165) is 41.9 Å². The van der Waals surface area contributed by atoms with Gasteiger partial charge in [0.2, 0.25) is 0 Å². The van der Waals surface area contributed by atoms with Crippen molar-refractivity contribution in [2.75, 3.05) is 0 Å². The molecule has 2 aromatic rings. The number of H-pyrrole nitrogens is 1. The Morgan fingerprint density at radius 3 is 2.85 bits per heavy atom. The lowest BCUT2D eigenvalue weighted by Gasteiger charge is -2.25. The zero-order valence-corrected chi connectivity index (χ0v) is 16.4. The van der Waals surface area contributed by atoms with Crippen LogP contribution in [0.2, 0.25) is 0 Å². The predicted molar refractivity (Wildman–Crippen MR) is 103 cm³/mol. The third-order valence-electron chi connectivity index (χ3n) is 5.27. The molecule has 7 heteroatoms. The van der Waals surface area contributed by atoms with Gasteiger partial charge >= 0.3 is 5.97 Å². The van der Waals surface area contributed by atoms with Gasteiger partial charge in [-0.25, -0.2) is 4.79 Å². The number of carboxylic acids is 1. The summed E-state index contributed by atoms with van der Waals surface area (Å²) in [5.41, 5.74) is 4.47. The first kappa shape index (κ1) is 19.4. The van der Waals surface area contributed by atoms with Crippen molar-refractivity contribution in [3.63, 3.8) is 0 Å². The van der Waals surface area contributed by atoms with E-state index in [-0.39, 0.29) is 17.2 Å². The summed E-state index contributed by atoms with van der Waals surface area (Å²) in [6.45, 7) is 9.13. The molecule has 0 bridgehead atoms. The quantitative estimate of drug-likeness (QED) is 0.722. The van der Waals surface area contributed by atoms with Gasteiger partial charge in [0, 0.05) is 53.4 Å². The summed E-state index contributed by atoms with van der Waals surface area (Å²) in [5, 5.41) is 17.4. The Labute approximate surface area is 158 Å². The molecule has 0 saturated heterocycles. The Morgan fingerprint density at radius 2 is 2.19 bits per heavy atom. The van der Waals surface area contributed by atoms with Gasteiger partial charge in [0.25, 0.3) is 0 Å². The molecule has 2 aromatic heterocycles. The molecule has 2 heterocycles. The fourth-order valence-electron chi connectivity index (χ4n) is 3.76. The van der Waals surface area contributed by atoms with Crippen molar-refractivity contribution < 1.29 is 9.90 Å². The predicted octanol–water partition coefficient (Wildman–Crippen LogP) is 2.19. The van der Waals surface area contributed by atoms with Crippen LogP contribution in [0.5, 0.6) is 0 Å². The van der Waals surface area contributed by atoms with Gasteiger partial charge in [-0.15, -0.1) is 0 Å². The number of carbonyl (C=O) groups is 1. The lowest BCUT2D eigenvalue weighted by molar-refractivity contribution is 0.0688. The van der Waals surface area contributed by atoms with Crippen LogP contribution in [-0.2, 0) is 25.9 Å². The van der Waals surface area contributed by atoms with Crippen LogP contribution in [0.25, 0.3) is 0 Å². The van der Waals surface area contributed by atoms with E-state index in [9.17, 15) is 14.7 Å². The van der Waals surface area contributed by atoms with Crippen LogP contribution in [0.4, 0.5) is 0 Å². The fraction of sp³-hybridized carbons (Fsp3) is 0.550. The van der Waals surface area contributed by atoms with E-state index in [2.05, 4.69) is 29.2 Å². The summed E-state index contributed by atoms with van der Waals surface area (Å²) < 4.78 is 1.88. The van der Waals surface area contributed by atoms with E-state index >= 15 is 0 Å². The maximum Gasteiger partial charge on any atom is 0.356 e. The highest BCUT2D eigenvalue weighted by atomic mass is 16.4. The van der Waals surface area contributed by atoms with Crippen molar-refractivity contribution in [1.29, 1.82) is 0 Å². The number of pyridine rings is 1. The summed E-state index contributed by atoms with van der Waals surface area (Å²) >= 11 is 0. The summed E-state index contributed by atoms with van der Waals surface area (Å²) in [7, 11) is 0. The number of hydrogen-bond acceptors (Lipinski definition) is 4. The molecule has 146 valence electrons. The van der Waals surface area contributed by atoms with Crippen molar-refractivity contribution in [1.82, 2.24) is 20.1 Å². The Morgan fingerprint density at radius 1 is 1.44 bits per heavy atom. The van der Waals surface area contributed by atoms with Gasteiger partial charge < -0.3 is 15.4 Å². The third kappa shape index (κ3) is 3.98. The monoisotopic (exact) mass is 372 g/mol. The van der Waals surface area contributed by atoms with Crippen molar-refractivity contribution in [3.05, 3.63) is 50.2 Å². The number of aromatic amines is 1. The summed E-state index contributed by atoms with van der Waals surface area (Å²) in [5.74, 6) is -0.555. The second-order valence-corrected chi connectivity index (χ2v) is 7.88. The molecule has 0 aromatic carbocycles. The largest absolute Gasteiger partial charge is 0.476 e. The van der Waals surface area contributed by atoms with Gasteiger partial charge in [-0.3, -0.25) is 9.48 Å². The van der Waals surface area contributed by atoms with Crippen LogP contribution in [0.3, 0.4) is 0 Å². The summed E-state index contributed by atoms with van der Waals surface area (Å²) in [4.78, 5) is 26.9. The Hall–Kier alpha value is -2.41. The molecule has 7 nitrogen and oxygen atoms in total. The van der Waals surface area contributed by atoms with Gasteiger partial charge in [0.05, 0.1) is 0 Å². The first-order valence-electron chi connectivity index (χ1n) is 9.50. The van der Waals surface area contributed by atoms with E-state index in [1.807, 2.05) is 11.6 Å². The molecule has 3 rings (SSSR count). The highest BCUT2D eigenvalue weighted by Gasteiger charge is 2.29. The van der Waals surface area contributed by atoms with Crippen LogP contribution < -0.4 is 10.7 Å². The van der Waals surface area contributed by atoms with Crippen LogP contribution in [0, 0.1) is 19.8 Å². The molecule has 27 heavy (non-hydrogen) atoms. The van der Waals surface area contributed by atoms with Crippen molar-refractivity contribution in [2.24, 2.45) is 5.92 Å². The normalized spacial score (nSPS) is 16.6. The average Bonchev–Trinajstić information content (AvgIpc) is 2.96. The SMILES string of the molecule is Cc1c[nH]c(CNC2CCc3c(c(C(=O)O)nn3CC(C)C)C2)c(C)c1=O. The minimum absolute atomic E-state index is 0.0691. The Kier molecular flexibility index (Phi) is 5.51. The van der Waals surface area contributed by atoms with E-state index in [4.69, 9.17) is 0 Å². The van der Waals surface area contributed by atoms with Crippen LogP contribution >= 0.6 is 0 Å². The van der Waals surface area contributed by atoms with Crippen LogP contribution in [0.15, 0.2) is 11.0 Å². The van der Waals surface area contributed by atoms with E-state index in [1.165, 1.54) is 0 Å². The van der Waals surface area contributed by atoms with Gasteiger partial charge in [0.1, 0.15) is 0 Å². The lowest BCUT2D eigenvalue weighted by Crippen LogP contribution is -2.35. The molecule has 0 amide bonds. The zero-order valence-electron chi connectivity index (χ0n) is 16.4. The maximum absolute atomic E-state index is 12.1. The zero-order chi connectivity index (χ0) is 19.7.